The van der Waals surface area contributed by atoms with Gasteiger partial charge in [-0.3, -0.25) is 9.59 Å². The Bertz CT molecular complexity index is 1100. The number of hydrogen-bond acceptors (Lipinski definition) is 2. The number of hydrogen-bond donors (Lipinski definition) is 0. The monoisotopic (exact) mass is 407 g/mol. The minimum atomic E-state index is -0.412. The van der Waals surface area contributed by atoms with Crippen LogP contribution in [0.15, 0.2) is 91.0 Å². The van der Waals surface area contributed by atoms with Crippen LogP contribution in [-0.4, -0.2) is 11.8 Å². The van der Waals surface area contributed by atoms with E-state index in [1.54, 1.807) is 0 Å². The van der Waals surface area contributed by atoms with E-state index in [0.29, 0.717) is 5.69 Å². The van der Waals surface area contributed by atoms with E-state index < -0.39 is 11.8 Å². The second-order valence-electron chi connectivity index (χ2n) is 8.54. The van der Waals surface area contributed by atoms with Crippen LogP contribution in [0.25, 0.3) is 0 Å². The van der Waals surface area contributed by atoms with E-state index in [4.69, 9.17) is 0 Å². The van der Waals surface area contributed by atoms with E-state index in [1.165, 1.54) is 4.90 Å². The standard InChI is InChI=1S/C28H25NO2/c1-18-10-9-15-24(19(18)2)29-27(30)25-22(20-11-5-3-6-12-20)16-17-23(26(25)28(29)31)21-13-7-4-8-14-21/h3-17,22-23,25-26H,1-2H3/t22-,23+,25+,26-. The lowest BCUT2D eigenvalue weighted by Gasteiger charge is -2.32. The first kappa shape index (κ1) is 19.5. The largest absolute Gasteiger partial charge is 0.274 e. The van der Waals surface area contributed by atoms with Gasteiger partial charge in [0, 0.05) is 11.8 Å². The third-order valence-corrected chi connectivity index (χ3v) is 6.88. The van der Waals surface area contributed by atoms with Crippen molar-refractivity contribution < 1.29 is 9.59 Å². The van der Waals surface area contributed by atoms with Crippen molar-refractivity contribution in [3.05, 3.63) is 113 Å². The summed E-state index contributed by atoms with van der Waals surface area (Å²) in [6.45, 7) is 3.99. The summed E-state index contributed by atoms with van der Waals surface area (Å²) in [6.07, 6.45) is 4.26. The number of allylic oxidation sites excluding steroid dienone is 2. The highest BCUT2D eigenvalue weighted by atomic mass is 16.2. The summed E-state index contributed by atoms with van der Waals surface area (Å²) in [6, 6.07) is 25.9. The topological polar surface area (TPSA) is 37.4 Å². The van der Waals surface area contributed by atoms with Gasteiger partial charge in [-0.2, -0.15) is 0 Å². The summed E-state index contributed by atoms with van der Waals surface area (Å²) in [5.41, 5.74) is 4.91. The second-order valence-corrected chi connectivity index (χ2v) is 8.54. The molecule has 0 spiro atoms. The van der Waals surface area contributed by atoms with Crippen molar-refractivity contribution in [1.82, 2.24) is 0 Å². The van der Waals surface area contributed by atoms with Crippen LogP contribution in [0.4, 0.5) is 5.69 Å². The Morgan fingerprint density at radius 2 is 1.10 bits per heavy atom. The SMILES string of the molecule is Cc1cccc(N2C(=O)[C@@H]3[C@H](C2=O)[C@H](c2ccccc2)C=C[C@@H]3c2ccccc2)c1C. The molecule has 0 saturated carbocycles. The van der Waals surface area contributed by atoms with Gasteiger partial charge in [0.2, 0.25) is 11.8 Å². The normalized spacial score (nSPS) is 25.0. The molecule has 4 atom stereocenters. The van der Waals surface area contributed by atoms with E-state index in [1.807, 2.05) is 92.7 Å². The Kier molecular flexibility index (Phi) is 4.82. The molecule has 0 N–H and O–H groups in total. The first-order valence-corrected chi connectivity index (χ1v) is 10.8. The average Bonchev–Trinajstić information content (AvgIpc) is 3.07. The van der Waals surface area contributed by atoms with Gasteiger partial charge in [-0.25, -0.2) is 4.90 Å². The van der Waals surface area contributed by atoms with E-state index in [0.717, 1.165) is 22.3 Å². The summed E-state index contributed by atoms with van der Waals surface area (Å²) >= 11 is 0. The molecule has 1 aliphatic carbocycles. The molecule has 3 aromatic carbocycles. The summed E-state index contributed by atoms with van der Waals surface area (Å²) in [5.74, 6) is -1.24. The minimum absolute atomic E-state index is 0.0946. The van der Waals surface area contributed by atoms with Crippen molar-refractivity contribution in [2.45, 2.75) is 25.7 Å². The first-order chi connectivity index (χ1) is 15.1. The van der Waals surface area contributed by atoms with Gasteiger partial charge in [0.25, 0.3) is 0 Å². The zero-order chi connectivity index (χ0) is 21.5. The molecular weight excluding hydrogens is 382 g/mol. The quantitative estimate of drug-likeness (QED) is 0.422. The van der Waals surface area contributed by atoms with Crippen LogP contribution in [0.5, 0.6) is 0 Å². The van der Waals surface area contributed by atoms with Gasteiger partial charge in [0.1, 0.15) is 0 Å². The fraction of sp³-hybridized carbons (Fsp3) is 0.214. The molecule has 1 aliphatic heterocycles. The predicted molar refractivity (Wildman–Crippen MR) is 123 cm³/mol. The Morgan fingerprint density at radius 3 is 1.58 bits per heavy atom. The fourth-order valence-electron chi connectivity index (χ4n) is 5.15. The molecule has 0 unspecified atom stereocenters. The Balaban J connectivity index is 1.65. The number of fused-ring (bicyclic) bond motifs is 1. The molecular formula is C28H25NO2. The van der Waals surface area contributed by atoms with Gasteiger partial charge in [-0.05, 0) is 42.2 Å². The molecule has 154 valence electrons. The van der Waals surface area contributed by atoms with Crippen LogP contribution in [0.2, 0.25) is 0 Å². The van der Waals surface area contributed by atoms with Gasteiger partial charge in [-0.1, -0.05) is 84.9 Å². The minimum Gasteiger partial charge on any atom is -0.274 e. The number of nitrogens with zero attached hydrogens (tertiary/aromatic N) is 1. The predicted octanol–water partition coefficient (Wildman–Crippen LogP) is 5.55. The van der Waals surface area contributed by atoms with Crippen LogP contribution in [-0.2, 0) is 9.59 Å². The van der Waals surface area contributed by atoms with Gasteiger partial charge >= 0.3 is 0 Å². The van der Waals surface area contributed by atoms with Gasteiger partial charge in [-0.15, -0.1) is 0 Å². The molecule has 1 heterocycles. The lowest BCUT2D eigenvalue weighted by molar-refractivity contribution is -0.122. The van der Waals surface area contributed by atoms with Crippen molar-refractivity contribution in [1.29, 1.82) is 0 Å². The van der Waals surface area contributed by atoms with Crippen LogP contribution in [0.1, 0.15) is 34.1 Å². The van der Waals surface area contributed by atoms with Gasteiger partial charge in [0.05, 0.1) is 17.5 Å². The molecule has 1 fully saturated rings. The van der Waals surface area contributed by atoms with E-state index in [9.17, 15) is 9.59 Å². The molecule has 0 radical (unpaired) electrons. The summed E-state index contributed by atoms with van der Waals surface area (Å²) in [7, 11) is 0. The number of carbonyl (C=O) groups excluding carboxylic acids is 2. The van der Waals surface area contributed by atoms with Crippen LogP contribution in [0, 0.1) is 25.7 Å². The van der Waals surface area contributed by atoms with Gasteiger partial charge in [0.15, 0.2) is 0 Å². The molecule has 2 amide bonds. The van der Waals surface area contributed by atoms with E-state index in [2.05, 4.69) is 12.2 Å². The van der Waals surface area contributed by atoms with Crippen LogP contribution in [0.3, 0.4) is 0 Å². The lowest BCUT2D eigenvalue weighted by atomic mass is 9.68. The van der Waals surface area contributed by atoms with Gasteiger partial charge < -0.3 is 0 Å². The molecule has 2 aliphatic rings. The molecule has 1 saturated heterocycles. The highest BCUT2D eigenvalue weighted by Gasteiger charge is 2.55. The summed E-state index contributed by atoms with van der Waals surface area (Å²) < 4.78 is 0. The number of rotatable bonds is 3. The van der Waals surface area contributed by atoms with Crippen molar-refractivity contribution >= 4 is 17.5 Å². The summed E-state index contributed by atoms with van der Waals surface area (Å²) in [5, 5.41) is 0. The highest BCUT2D eigenvalue weighted by molar-refractivity contribution is 6.23. The molecule has 3 heteroatoms. The second kappa shape index (κ2) is 7.66. The van der Waals surface area contributed by atoms with Crippen molar-refractivity contribution in [3.63, 3.8) is 0 Å². The zero-order valence-corrected chi connectivity index (χ0v) is 17.7. The average molecular weight is 408 g/mol. The molecule has 31 heavy (non-hydrogen) atoms. The molecule has 5 rings (SSSR count). The first-order valence-electron chi connectivity index (χ1n) is 10.8. The number of benzene rings is 3. The van der Waals surface area contributed by atoms with Crippen molar-refractivity contribution in [2.24, 2.45) is 11.8 Å². The Morgan fingerprint density at radius 1 is 0.613 bits per heavy atom. The van der Waals surface area contributed by atoms with E-state index in [-0.39, 0.29) is 23.7 Å². The Labute approximate surface area is 183 Å². The molecule has 0 aromatic heterocycles. The highest BCUT2D eigenvalue weighted by Crippen LogP contribution is 2.50. The Hall–Kier alpha value is -3.46. The molecule has 3 aromatic rings. The maximum atomic E-state index is 13.8. The smallest absolute Gasteiger partial charge is 0.238 e. The maximum absolute atomic E-state index is 13.8. The molecule has 3 nitrogen and oxygen atoms in total. The number of amides is 2. The zero-order valence-electron chi connectivity index (χ0n) is 17.7. The molecule has 0 bridgehead atoms. The lowest BCUT2D eigenvalue weighted by Crippen LogP contribution is -2.32. The third-order valence-electron chi connectivity index (χ3n) is 6.88. The van der Waals surface area contributed by atoms with E-state index >= 15 is 0 Å². The van der Waals surface area contributed by atoms with Crippen molar-refractivity contribution in [2.75, 3.05) is 4.90 Å². The third kappa shape index (κ3) is 3.12. The van der Waals surface area contributed by atoms with Crippen LogP contribution >= 0.6 is 0 Å². The number of aryl methyl sites for hydroxylation is 1. The number of carbonyl (C=O) groups is 2. The van der Waals surface area contributed by atoms with Crippen LogP contribution < -0.4 is 4.90 Å². The number of imide groups is 1. The number of anilines is 1. The van der Waals surface area contributed by atoms with Crippen molar-refractivity contribution in [3.8, 4) is 0 Å². The fourth-order valence-corrected chi connectivity index (χ4v) is 5.15. The maximum Gasteiger partial charge on any atom is 0.238 e. The summed E-state index contributed by atoms with van der Waals surface area (Å²) in [4.78, 5) is 29.1.